The molecular weight excluding hydrogens is 420 g/mol. The van der Waals surface area contributed by atoms with E-state index in [1.165, 1.54) is 32.1 Å². The van der Waals surface area contributed by atoms with Crippen LogP contribution in [0.2, 0.25) is 0 Å². The van der Waals surface area contributed by atoms with E-state index >= 15 is 0 Å². The van der Waals surface area contributed by atoms with Crippen LogP contribution in [-0.4, -0.2) is 25.9 Å². The Morgan fingerprint density at radius 1 is 0.812 bits per heavy atom. The summed E-state index contributed by atoms with van der Waals surface area (Å²) in [4.78, 5) is 13.3. The predicted molar refractivity (Wildman–Crippen MR) is 125 cm³/mol. The van der Waals surface area contributed by atoms with Gasteiger partial charge < -0.3 is 5.32 Å². The summed E-state index contributed by atoms with van der Waals surface area (Å²) < 4.78 is 28.7. The second-order valence-corrected chi connectivity index (χ2v) is 12.2. The van der Waals surface area contributed by atoms with Gasteiger partial charge in [-0.3, -0.25) is 4.79 Å². The summed E-state index contributed by atoms with van der Waals surface area (Å²) >= 11 is 0. The minimum atomic E-state index is -3.83. The van der Waals surface area contributed by atoms with E-state index in [0.717, 1.165) is 23.0 Å². The number of nitrogens with one attached hydrogen (secondary N) is 2. The summed E-state index contributed by atoms with van der Waals surface area (Å²) in [6, 6.07) is 16.8. The van der Waals surface area contributed by atoms with Gasteiger partial charge in [-0.15, -0.1) is 0 Å². The minimum Gasteiger partial charge on any atom is -0.351 e. The molecule has 1 amide bonds. The van der Waals surface area contributed by atoms with E-state index in [4.69, 9.17) is 0 Å². The second kappa shape index (κ2) is 7.99. The highest BCUT2D eigenvalue weighted by Gasteiger charge is 2.49. The van der Waals surface area contributed by atoms with Gasteiger partial charge in [0.25, 0.3) is 0 Å². The number of hydrogen-bond acceptors (Lipinski definition) is 3. The summed E-state index contributed by atoms with van der Waals surface area (Å²) in [7, 11) is -3.83. The standard InChI is InChI=1S/C26H32N2O3S/c1-26(2,25(29)27-24-21-13-17-12-18(15-21)16-22(24)14-17)28-32(30,31)23-10-8-20(9-11-23)19-6-4-3-5-7-19/h3-11,17-18,21-22,24,28H,12-16H2,1-2H3,(H,27,29). The Morgan fingerprint density at radius 2 is 1.34 bits per heavy atom. The molecule has 0 aromatic heterocycles. The van der Waals surface area contributed by atoms with Gasteiger partial charge in [-0.2, -0.15) is 4.72 Å². The first kappa shape index (κ1) is 21.7. The molecule has 0 radical (unpaired) electrons. The van der Waals surface area contributed by atoms with Crippen LogP contribution in [0.5, 0.6) is 0 Å². The van der Waals surface area contributed by atoms with Crippen LogP contribution >= 0.6 is 0 Å². The molecule has 0 heterocycles. The molecule has 170 valence electrons. The SMILES string of the molecule is CC(C)(NS(=O)(=O)c1ccc(-c2ccccc2)cc1)C(=O)NC1C2CC3CC(C2)CC1C3. The van der Waals surface area contributed by atoms with E-state index in [2.05, 4.69) is 10.0 Å². The van der Waals surface area contributed by atoms with Crippen LogP contribution in [0.4, 0.5) is 0 Å². The molecule has 6 rings (SSSR count). The van der Waals surface area contributed by atoms with E-state index in [-0.39, 0.29) is 16.8 Å². The fraction of sp³-hybridized carbons (Fsp3) is 0.500. The lowest BCUT2D eigenvalue weighted by molar-refractivity contribution is -0.129. The van der Waals surface area contributed by atoms with Crippen LogP contribution in [0.3, 0.4) is 0 Å². The number of carbonyl (C=O) groups excluding carboxylic acids is 1. The number of carbonyl (C=O) groups is 1. The Balaban J connectivity index is 1.27. The molecule has 32 heavy (non-hydrogen) atoms. The number of hydrogen-bond donors (Lipinski definition) is 2. The topological polar surface area (TPSA) is 75.3 Å². The minimum absolute atomic E-state index is 0.160. The van der Waals surface area contributed by atoms with Crippen molar-refractivity contribution in [2.24, 2.45) is 23.7 Å². The zero-order valence-corrected chi connectivity index (χ0v) is 19.6. The van der Waals surface area contributed by atoms with Gasteiger partial charge in [0, 0.05) is 6.04 Å². The lowest BCUT2D eigenvalue weighted by atomic mass is 9.54. The molecule has 5 nitrogen and oxygen atoms in total. The van der Waals surface area contributed by atoms with Gasteiger partial charge in [0.2, 0.25) is 15.9 Å². The van der Waals surface area contributed by atoms with Gasteiger partial charge in [-0.1, -0.05) is 42.5 Å². The van der Waals surface area contributed by atoms with E-state index in [9.17, 15) is 13.2 Å². The van der Waals surface area contributed by atoms with Crippen molar-refractivity contribution in [3.05, 3.63) is 54.6 Å². The smallest absolute Gasteiger partial charge is 0.241 e. The normalized spacial score (nSPS) is 29.1. The van der Waals surface area contributed by atoms with Crippen LogP contribution < -0.4 is 10.0 Å². The second-order valence-electron chi connectivity index (χ2n) is 10.6. The highest BCUT2D eigenvalue weighted by atomic mass is 32.2. The first-order valence-electron chi connectivity index (χ1n) is 11.7. The van der Waals surface area contributed by atoms with Gasteiger partial charge in [0.05, 0.1) is 4.90 Å². The van der Waals surface area contributed by atoms with E-state index < -0.39 is 15.6 Å². The fourth-order valence-corrected chi connectivity index (χ4v) is 7.77. The third-order valence-corrected chi connectivity index (χ3v) is 9.43. The molecule has 0 unspecified atom stereocenters. The van der Waals surface area contributed by atoms with Crippen molar-refractivity contribution >= 4 is 15.9 Å². The van der Waals surface area contributed by atoms with E-state index in [1.54, 1.807) is 38.1 Å². The summed E-state index contributed by atoms with van der Waals surface area (Å²) in [6.45, 7) is 3.29. The quantitative estimate of drug-likeness (QED) is 0.684. The van der Waals surface area contributed by atoms with Gasteiger partial charge in [-0.25, -0.2) is 8.42 Å². The van der Waals surface area contributed by atoms with Crippen LogP contribution in [0.15, 0.2) is 59.5 Å². The Hall–Kier alpha value is -2.18. The third kappa shape index (κ3) is 4.11. The molecule has 4 aliphatic rings. The monoisotopic (exact) mass is 452 g/mol. The lowest BCUT2D eigenvalue weighted by Crippen LogP contribution is -2.62. The highest BCUT2D eigenvalue weighted by molar-refractivity contribution is 7.89. The van der Waals surface area contributed by atoms with Gasteiger partial charge in [-0.05, 0) is 92.9 Å². The summed E-state index contributed by atoms with van der Waals surface area (Å²) in [5.74, 6) is 2.52. The maximum absolute atomic E-state index is 13.2. The number of amides is 1. The van der Waals surface area contributed by atoms with Crippen molar-refractivity contribution in [3.8, 4) is 11.1 Å². The molecule has 4 fully saturated rings. The van der Waals surface area contributed by atoms with Crippen LogP contribution in [-0.2, 0) is 14.8 Å². The van der Waals surface area contributed by atoms with Crippen LogP contribution in [0.25, 0.3) is 11.1 Å². The Bertz CT molecular complexity index is 1070. The zero-order valence-electron chi connectivity index (χ0n) is 18.8. The number of sulfonamides is 1. The molecule has 0 aliphatic heterocycles. The molecule has 2 N–H and O–H groups in total. The largest absolute Gasteiger partial charge is 0.351 e. The molecule has 4 saturated carbocycles. The van der Waals surface area contributed by atoms with Crippen molar-refractivity contribution < 1.29 is 13.2 Å². The summed E-state index contributed by atoms with van der Waals surface area (Å²) in [6.07, 6.45) is 6.19. The van der Waals surface area contributed by atoms with E-state index in [1.807, 2.05) is 30.3 Å². The molecule has 2 aromatic rings. The molecule has 6 heteroatoms. The molecular formula is C26H32N2O3S. The van der Waals surface area contributed by atoms with Crippen molar-refractivity contribution in [3.63, 3.8) is 0 Å². The summed E-state index contributed by atoms with van der Waals surface area (Å²) in [5, 5.41) is 3.24. The maximum Gasteiger partial charge on any atom is 0.241 e. The maximum atomic E-state index is 13.2. The molecule has 0 saturated heterocycles. The van der Waals surface area contributed by atoms with Crippen molar-refractivity contribution in [2.75, 3.05) is 0 Å². The fourth-order valence-electron chi connectivity index (χ4n) is 6.39. The Labute approximate surface area is 191 Å². The summed E-state index contributed by atoms with van der Waals surface area (Å²) in [5.41, 5.74) is 0.745. The molecule has 2 aromatic carbocycles. The molecule has 0 atom stereocenters. The Morgan fingerprint density at radius 3 is 1.91 bits per heavy atom. The van der Waals surface area contributed by atoms with Crippen molar-refractivity contribution in [1.29, 1.82) is 0 Å². The highest BCUT2D eigenvalue weighted by Crippen LogP contribution is 2.53. The zero-order chi connectivity index (χ0) is 22.5. The predicted octanol–water partition coefficient (Wildman–Crippen LogP) is 4.35. The van der Waals surface area contributed by atoms with Gasteiger partial charge >= 0.3 is 0 Å². The van der Waals surface area contributed by atoms with E-state index in [0.29, 0.717) is 11.8 Å². The third-order valence-electron chi connectivity index (χ3n) is 7.75. The Kier molecular flexibility index (Phi) is 5.41. The molecule has 4 aliphatic carbocycles. The molecule has 0 spiro atoms. The van der Waals surface area contributed by atoms with Gasteiger partial charge in [0.1, 0.15) is 5.54 Å². The van der Waals surface area contributed by atoms with Crippen molar-refractivity contribution in [2.45, 2.75) is 62.4 Å². The number of rotatable bonds is 6. The first-order valence-corrected chi connectivity index (χ1v) is 13.2. The average Bonchev–Trinajstić information content (AvgIpc) is 2.75. The van der Waals surface area contributed by atoms with Crippen LogP contribution in [0.1, 0.15) is 46.0 Å². The number of benzene rings is 2. The first-order chi connectivity index (χ1) is 15.2. The van der Waals surface area contributed by atoms with Gasteiger partial charge in [0.15, 0.2) is 0 Å². The van der Waals surface area contributed by atoms with Crippen LogP contribution in [0, 0.1) is 23.7 Å². The van der Waals surface area contributed by atoms with Crippen molar-refractivity contribution in [1.82, 2.24) is 10.0 Å². The molecule has 4 bridgehead atoms. The lowest BCUT2D eigenvalue weighted by Gasteiger charge is -2.54. The average molecular weight is 453 g/mol.